The van der Waals surface area contributed by atoms with Crippen LogP contribution in [0.25, 0.3) is 21.1 Å². The summed E-state index contributed by atoms with van der Waals surface area (Å²) in [5.41, 5.74) is 1.84. The maximum absolute atomic E-state index is 5.83. The second kappa shape index (κ2) is 7.32. The van der Waals surface area contributed by atoms with Crippen LogP contribution in [0.5, 0.6) is 5.75 Å². The fourth-order valence-corrected chi connectivity index (χ4v) is 3.87. The Morgan fingerprint density at radius 3 is 2.74 bits per heavy atom. The van der Waals surface area contributed by atoms with Crippen LogP contribution in [0.2, 0.25) is 0 Å². The van der Waals surface area contributed by atoms with E-state index in [9.17, 15) is 0 Å². The Labute approximate surface area is 166 Å². The molecule has 0 saturated heterocycles. The number of benzene rings is 2. The van der Waals surface area contributed by atoms with Crippen LogP contribution in [0.3, 0.4) is 0 Å². The van der Waals surface area contributed by atoms with Crippen LogP contribution in [0.1, 0.15) is 20.8 Å². The van der Waals surface area contributed by atoms with E-state index in [0.29, 0.717) is 11.9 Å². The van der Waals surface area contributed by atoms with Crippen LogP contribution in [0.4, 0.5) is 11.1 Å². The van der Waals surface area contributed by atoms with Crippen molar-refractivity contribution in [2.75, 3.05) is 11.3 Å². The van der Waals surface area contributed by atoms with Crippen LogP contribution < -0.4 is 10.1 Å². The zero-order valence-electron chi connectivity index (χ0n) is 15.4. The molecule has 138 valence electrons. The number of anilines is 2. The van der Waals surface area contributed by atoms with E-state index >= 15 is 0 Å². The van der Waals surface area contributed by atoms with Crippen molar-refractivity contribution in [2.24, 2.45) is 0 Å². The number of thioether (sulfide) groups is 1. The number of para-hydroxylation sites is 1. The molecule has 0 saturated carbocycles. The number of fused-ring (bicyclic) bond motifs is 2. The quantitative estimate of drug-likeness (QED) is 0.427. The van der Waals surface area contributed by atoms with Crippen molar-refractivity contribution in [3.05, 3.63) is 48.7 Å². The Morgan fingerprint density at radius 2 is 1.93 bits per heavy atom. The summed E-state index contributed by atoms with van der Waals surface area (Å²) in [5, 5.41) is 4.94. The lowest BCUT2D eigenvalue weighted by Crippen LogP contribution is -2.10. The van der Waals surface area contributed by atoms with Gasteiger partial charge in [0, 0.05) is 16.3 Å². The van der Waals surface area contributed by atoms with E-state index in [0.717, 1.165) is 32.0 Å². The van der Waals surface area contributed by atoms with E-state index in [2.05, 4.69) is 47.1 Å². The van der Waals surface area contributed by atoms with E-state index in [1.165, 1.54) is 0 Å². The van der Waals surface area contributed by atoms with Gasteiger partial charge in [-0.05, 0) is 30.3 Å². The van der Waals surface area contributed by atoms with Gasteiger partial charge in [0.1, 0.15) is 11.7 Å². The molecule has 0 radical (unpaired) electrons. The molecule has 0 aliphatic heterocycles. The van der Waals surface area contributed by atoms with Gasteiger partial charge in [0.15, 0.2) is 5.13 Å². The average Bonchev–Trinajstić information content (AvgIpc) is 3.03. The summed E-state index contributed by atoms with van der Waals surface area (Å²) in [6.07, 6.45) is 1.81. The SMILES string of the molecule is CC(C)(C)SCOc1ccc2nc(Nc3nc4ccccc4s3)ncc2c1. The average molecular weight is 397 g/mol. The van der Waals surface area contributed by atoms with Gasteiger partial charge in [-0.3, -0.25) is 5.32 Å². The van der Waals surface area contributed by atoms with Crippen molar-refractivity contribution in [1.29, 1.82) is 0 Å². The molecule has 0 atom stereocenters. The van der Waals surface area contributed by atoms with Crippen molar-refractivity contribution in [2.45, 2.75) is 25.5 Å². The van der Waals surface area contributed by atoms with E-state index in [1.807, 2.05) is 42.6 Å². The largest absolute Gasteiger partial charge is 0.483 e. The number of ether oxygens (including phenoxy) is 1. The first-order valence-electron chi connectivity index (χ1n) is 8.62. The summed E-state index contributed by atoms with van der Waals surface area (Å²) < 4.78 is 7.15. The van der Waals surface area contributed by atoms with Crippen molar-refractivity contribution in [3.8, 4) is 5.75 Å². The summed E-state index contributed by atoms with van der Waals surface area (Å²) in [6, 6.07) is 13.9. The lowest BCUT2D eigenvalue weighted by Gasteiger charge is -2.17. The molecule has 5 nitrogen and oxygen atoms in total. The molecular weight excluding hydrogens is 376 g/mol. The summed E-state index contributed by atoms with van der Waals surface area (Å²) in [7, 11) is 0. The minimum Gasteiger partial charge on any atom is -0.483 e. The predicted octanol–water partition coefficient (Wildman–Crippen LogP) is 5.85. The topological polar surface area (TPSA) is 59.9 Å². The minimum absolute atomic E-state index is 0.182. The fourth-order valence-electron chi connectivity index (χ4n) is 2.46. The Bertz CT molecular complexity index is 1060. The Balaban J connectivity index is 1.49. The van der Waals surface area contributed by atoms with Crippen molar-refractivity contribution in [1.82, 2.24) is 15.0 Å². The Morgan fingerprint density at radius 1 is 1.07 bits per heavy atom. The summed E-state index contributed by atoms with van der Waals surface area (Å²) >= 11 is 3.36. The highest BCUT2D eigenvalue weighted by atomic mass is 32.2. The van der Waals surface area contributed by atoms with Crippen molar-refractivity contribution >= 4 is 55.3 Å². The molecule has 0 fully saturated rings. The molecule has 27 heavy (non-hydrogen) atoms. The third-order valence-electron chi connectivity index (χ3n) is 3.78. The molecule has 1 N–H and O–H groups in total. The maximum atomic E-state index is 5.83. The molecule has 2 aromatic carbocycles. The van der Waals surface area contributed by atoms with Gasteiger partial charge in [0.05, 0.1) is 15.7 Å². The second-order valence-electron chi connectivity index (χ2n) is 7.04. The Hall–Kier alpha value is -2.38. The first-order valence-corrected chi connectivity index (χ1v) is 10.4. The molecule has 2 heterocycles. The number of hydrogen-bond donors (Lipinski definition) is 1. The molecule has 0 aliphatic carbocycles. The maximum Gasteiger partial charge on any atom is 0.229 e. The smallest absolute Gasteiger partial charge is 0.229 e. The number of rotatable bonds is 5. The highest BCUT2D eigenvalue weighted by Crippen LogP contribution is 2.28. The third kappa shape index (κ3) is 4.48. The van der Waals surface area contributed by atoms with Gasteiger partial charge in [-0.25, -0.2) is 15.0 Å². The molecule has 4 aromatic rings. The van der Waals surface area contributed by atoms with Crippen molar-refractivity contribution < 1.29 is 4.74 Å². The zero-order valence-corrected chi connectivity index (χ0v) is 17.0. The van der Waals surface area contributed by atoms with Crippen LogP contribution in [0, 0.1) is 0 Å². The monoisotopic (exact) mass is 396 g/mol. The predicted molar refractivity (Wildman–Crippen MR) is 115 cm³/mol. The zero-order chi connectivity index (χ0) is 18.9. The molecule has 0 amide bonds. The summed E-state index contributed by atoms with van der Waals surface area (Å²) in [4.78, 5) is 13.6. The van der Waals surface area contributed by atoms with E-state index in [1.54, 1.807) is 23.1 Å². The standard InChI is InChI=1S/C20H20N4OS2/c1-20(2,3)26-12-25-14-8-9-15-13(10-14)11-21-18(22-15)24-19-23-16-6-4-5-7-17(16)27-19/h4-11H,12H2,1-3H3,(H,21,22,23,24). The van der Waals surface area contributed by atoms with Gasteiger partial charge in [0.25, 0.3) is 0 Å². The van der Waals surface area contributed by atoms with Crippen LogP contribution in [0.15, 0.2) is 48.7 Å². The van der Waals surface area contributed by atoms with E-state index < -0.39 is 0 Å². The first kappa shape index (κ1) is 18.0. The fraction of sp³-hybridized carbons (Fsp3) is 0.250. The molecule has 0 bridgehead atoms. The Kier molecular flexibility index (Phi) is 4.88. The van der Waals surface area contributed by atoms with Gasteiger partial charge in [-0.15, -0.1) is 11.8 Å². The molecule has 4 rings (SSSR count). The number of hydrogen-bond acceptors (Lipinski definition) is 7. The molecule has 7 heteroatoms. The summed E-state index contributed by atoms with van der Waals surface area (Å²) in [5.74, 6) is 1.99. The molecule has 0 unspecified atom stereocenters. The summed E-state index contributed by atoms with van der Waals surface area (Å²) in [6.45, 7) is 6.53. The number of thiazole rings is 1. The lowest BCUT2D eigenvalue weighted by atomic mass is 10.2. The van der Waals surface area contributed by atoms with Crippen LogP contribution >= 0.6 is 23.1 Å². The van der Waals surface area contributed by atoms with E-state index in [-0.39, 0.29) is 4.75 Å². The van der Waals surface area contributed by atoms with Gasteiger partial charge in [0.2, 0.25) is 5.95 Å². The van der Waals surface area contributed by atoms with Gasteiger partial charge < -0.3 is 4.74 Å². The van der Waals surface area contributed by atoms with Crippen LogP contribution in [-0.4, -0.2) is 25.6 Å². The van der Waals surface area contributed by atoms with Crippen LogP contribution in [-0.2, 0) is 0 Å². The molecule has 0 aliphatic rings. The highest BCUT2D eigenvalue weighted by molar-refractivity contribution is 8.00. The third-order valence-corrected chi connectivity index (χ3v) is 5.83. The normalized spacial score (nSPS) is 11.8. The molecule has 2 aromatic heterocycles. The van der Waals surface area contributed by atoms with E-state index in [4.69, 9.17) is 4.74 Å². The van der Waals surface area contributed by atoms with Gasteiger partial charge in [-0.2, -0.15) is 0 Å². The number of aromatic nitrogens is 3. The van der Waals surface area contributed by atoms with Gasteiger partial charge >= 0.3 is 0 Å². The minimum atomic E-state index is 0.182. The number of nitrogens with zero attached hydrogens (tertiary/aromatic N) is 3. The molecule has 0 spiro atoms. The van der Waals surface area contributed by atoms with Gasteiger partial charge in [-0.1, -0.05) is 44.2 Å². The highest BCUT2D eigenvalue weighted by Gasteiger charge is 2.11. The molecular formula is C20H20N4OS2. The first-order chi connectivity index (χ1) is 13.0. The van der Waals surface area contributed by atoms with Crippen molar-refractivity contribution in [3.63, 3.8) is 0 Å². The number of nitrogens with one attached hydrogen (secondary N) is 1. The lowest BCUT2D eigenvalue weighted by molar-refractivity contribution is 0.391. The second-order valence-corrected chi connectivity index (χ2v) is 9.82.